The Bertz CT molecular complexity index is 969. The third-order valence-corrected chi connectivity index (χ3v) is 4.06. The highest BCUT2D eigenvalue weighted by atomic mass is 35.5. The van der Waals surface area contributed by atoms with E-state index in [4.69, 9.17) is 16.4 Å². The van der Waals surface area contributed by atoms with Gasteiger partial charge in [0.15, 0.2) is 0 Å². The van der Waals surface area contributed by atoms with Gasteiger partial charge in [-0.3, -0.25) is 9.63 Å². The second-order valence-corrected chi connectivity index (χ2v) is 5.85. The van der Waals surface area contributed by atoms with Gasteiger partial charge in [-0.2, -0.15) is 10.2 Å². The zero-order valence-electron chi connectivity index (χ0n) is 14.6. The molecule has 1 heterocycles. The third-order valence-electron chi connectivity index (χ3n) is 3.80. The predicted octanol–water partition coefficient (Wildman–Crippen LogP) is 3.89. The summed E-state index contributed by atoms with van der Waals surface area (Å²) in [5.41, 5.74) is 1.50. The molecule has 0 aliphatic rings. The molecule has 3 rings (SSSR count). The van der Waals surface area contributed by atoms with Crippen molar-refractivity contribution in [3.63, 3.8) is 0 Å². The van der Waals surface area contributed by atoms with Gasteiger partial charge in [0.25, 0.3) is 0 Å². The summed E-state index contributed by atoms with van der Waals surface area (Å²) in [6.45, 7) is 0. The van der Waals surface area contributed by atoms with E-state index in [1.165, 1.54) is 14.2 Å². The van der Waals surface area contributed by atoms with E-state index in [0.29, 0.717) is 5.02 Å². The van der Waals surface area contributed by atoms with Crippen molar-refractivity contribution in [2.45, 2.75) is 0 Å². The van der Waals surface area contributed by atoms with Crippen molar-refractivity contribution < 1.29 is 19.2 Å². The summed E-state index contributed by atoms with van der Waals surface area (Å²) < 4.78 is 6.26. The molecule has 3 aromatic rings. The molecule has 1 amide bonds. The maximum Gasteiger partial charge on any atom is 0.438 e. The molecule has 0 fully saturated rings. The summed E-state index contributed by atoms with van der Waals surface area (Å²) in [6, 6.07) is 15.2. The van der Waals surface area contributed by atoms with Crippen LogP contribution in [0.2, 0.25) is 5.02 Å². The molecule has 0 aliphatic heterocycles. The molecule has 8 heteroatoms. The number of hydroxylamine groups is 1. The van der Waals surface area contributed by atoms with Gasteiger partial charge >= 0.3 is 6.09 Å². The number of ketones is 1. The first kappa shape index (κ1) is 18.6. The number of amides is 1. The van der Waals surface area contributed by atoms with Crippen molar-refractivity contribution >= 4 is 29.2 Å². The maximum absolute atomic E-state index is 13.0. The van der Waals surface area contributed by atoms with Crippen LogP contribution in [0.5, 0.6) is 0 Å². The Morgan fingerprint density at radius 1 is 1.04 bits per heavy atom. The molecule has 0 atom stereocenters. The Kier molecular flexibility index (Phi) is 5.54. The van der Waals surface area contributed by atoms with Gasteiger partial charge in [0.2, 0.25) is 5.78 Å². The number of nitrogens with zero attached hydrogens (tertiary/aromatic N) is 3. The quantitative estimate of drug-likeness (QED) is 0.492. The van der Waals surface area contributed by atoms with Crippen LogP contribution < -0.4 is 5.06 Å². The van der Waals surface area contributed by atoms with Crippen molar-refractivity contribution in [2.24, 2.45) is 0 Å². The normalized spacial score (nSPS) is 10.5. The van der Waals surface area contributed by atoms with E-state index in [9.17, 15) is 9.59 Å². The number of carbonyl (C=O) groups excluding carboxylic acids is 2. The van der Waals surface area contributed by atoms with Crippen LogP contribution >= 0.6 is 11.6 Å². The van der Waals surface area contributed by atoms with Crippen molar-refractivity contribution in [3.05, 3.63) is 77.1 Å². The van der Waals surface area contributed by atoms with E-state index in [2.05, 4.69) is 9.84 Å². The summed E-state index contributed by atoms with van der Waals surface area (Å²) in [5, 5.41) is 5.84. The molecule has 0 spiro atoms. The van der Waals surface area contributed by atoms with Crippen LogP contribution in [0.4, 0.5) is 10.5 Å². The zero-order valence-corrected chi connectivity index (χ0v) is 15.4. The fourth-order valence-corrected chi connectivity index (χ4v) is 2.64. The standard InChI is InChI=1S/C19H16ClN3O4/c1-26-19(25)23(27-2)17-6-4-3-5-15(17)18(24)16-11-12-22(21-16)14-9-7-13(20)8-10-14/h3-12H,1-2H3. The minimum absolute atomic E-state index is 0.221. The Balaban J connectivity index is 1.95. The van der Waals surface area contributed by atoms with Crippen LogP contribution in [-0.2, 0) is 9.57 Å². The Labute approximate surface area is 160 Å². The molecule has 0 saturated heterocycles. The lowest BCUT2D eigenvalue weighted by Crippen LogP contribution is -2.31. The van der Waals surface area contributed by atoms with Gasteiger partial charge in [-0.25, -0.2) is 9.48 Å². The van der Waals surface area contributed by atoms with Crippen LogP contribution in [0.1, 0.15) is 16.1 Å². The zero-order chi connectivity index (χ0) is 19.4. The second-order valence-electron chi connectivity index (χ2n) is 5.42. The van der Waals surface area contributed by atoms with Gasteiger partial charge in [0.05, 0.1) is 31.2 Å². The largest absolute Gasteiger partial charge is 0.451 e. The van der Waals surface area contributed by atoms with E-state index in [1.54, 1.807) is 65.5 Å². The molecule has 0 aliphatic carbocycles. The molecule has 0 saturated carbocycles. The number of para-hydroxylation sites is 1. The number of halogens is 1. The van der Waals surface area contributed by atoms with E-state index < -0.39 is 6.09 Å². The number of carbonyl (C=O) groups is 2. The Morgan fingerprint density at radius 3 is 2.41 bits per heavy atom. The molecular weight excluding hydrogens is 370 g/mol. The van der Waals surface area contributed by atoms with Crippen LogP contribution in [0, 0.1) is 0 Å². The summed E-state index contributed by atoms with van der Waals surface area (Å²) >= 11 is 5.90. The van der Waals surface area contributed by atoms with Gasteiger partial charge in [-0.15, -0.1) is 0 Å². The maximum atomic E-state index is 13.0. The average Bonchev–Trinajstić information content (AvgIpc) is 3.19. The lowest BCUT2D eigenvalue weighted by atomic mass is 10.1. The van der Waals surface area contributed by atoms with Crippen LogP contribution in [0.25, 0.3) is 5.69 Å². The fraction of sp³-hybridized carbons (Fsp3) is 0.105. The monoisotopic (exact) mass is 385 g/mol. The molecule has 138 valence electrons. The molecule has 2 aromatic carbocycles. The lowest BCUT2D eigenvalue weighted by molar-refractivity contribution is 0.102. The summed E-state index contributed by atoms with van der Waals surface area (Å²) in [5.74, 6) is -0.357. The highest BCUT2D eigenvalue weighted by molar-refractivity contribution is 6.30. The number of aromatic nitrogens is 2. The number of anilines is 1. The number of methoxy groups -OCH3 is 1. The van der Waals surface area contributed by atoms with Crippen molar-refractivity contribution in [3.8, 4) is 5.69 Å². The van der Waals surface area contributed by atoms with Gasteiger partial charge in [-0.1, -0.05) is 23.7 Å². The minimum Gasteiger partial charge on any atom is -0.451 e. The molecule has 0 N–H and O–H groups in total. The Hall–Kier alpha value is -3.16. The number of ether oxygens (including phenoxy) is 1. The van der Waals surface area contributed by atoms with E-state index >= 15 is 0 Å². The Morgan fingerprint density at radius 2 is 1.74 bits per heavy atom. The van der Waals surface area contributed by atoms with Gasteiger partial charge in [0, 0.05) is 11.2 Å². The minimum atomic E-state index is -0.746. The first-order chi connectivity index (χ1) is 13.0. The number of hydrogen-bond donors (Lipinski definition) is 0. The number of hydrogen-bond acceptors (Lipinski definition) is 5. The lowest BCUT2D eigenvalue weighted by Gasteiger charge is -2.20. The number of rotatable bonds is 5. The topological polar surface area (TPSA) is 73.7 Å². The molecule has 1 aromatic heterocycles. The highest BCUT2D eigenvalue weighted by Crippen LogP contribution is 2.24. The highest BCUT2D eigenvalue weighted by Gasteiger charge is 2.24. The molecule has 0 unspecified atom stereocenters. The fourth-order valence-electron chi connectivity index (χ4n) is 2.52. The van der Waals surface area contributed by atoms with Crippen LogP contribution in [-0.4, -0.2) is 35.9 Å². The van der Waals surface area contributed by atoms with Crippen molar-refractivity contribution in [1.82, 2.24) is 9.78 Å². The molecule has 0 radical (unpaired) electrons. The van der Waals surface area contributed by atoms with E-state index in [0.717, 1.165) is 10.8 Å². The van der Waals surface area contributed by atoms with Crippen LogP contribution in [0.3, 0.4) is 0 Å². The molecular formula is C19H16ClN3O4. The summed E-state index contributed by atoms with van der Waals surface area (Å²) in [7, 11) is 2.54. The smallest absolute Gasteiger partial charge is 0.438 e. The summed E-state index contributed by atoms with van der Waals surface area (Å²) in [4.78, 5) is 29.9. The van der Waals surface area contributed by atoms with Crippen LogP contribution in [0.15, 0.2) is 60.8 Å². The first-order valence-electron chi connectivity index (χ1n) is 7.92. The van der Waals surface area contributed by atoms with E-state index in [-0.39, 0.29) is 22.7 Å². The molecule has 7 nitrogen and oxygen atoms in total. The van der Waals surface area contributed by atoms with Gasteiger partial charge < -0.3 is 4.74 Å². The van der Waals surface area contributed by atoms with E-state index in [1.807, 2.05) is 0 Å². The van der Waals surface area contributed by atoms with Crippen molar-refractivity contribution in [1.29, 1.82) is 0 Å². The predicted molar refractivity (Wildman–Crippen MR) is 100 cm³/mol. The first-order valence-corrected chi connectivity index (χ1v) is 8.30. The SMILES string of the molecule is COC(=O)N(OC)c1ccccc1C(=O)c1ccn(-c2ccc(Cl)cc2)n1. The van der Waals surface area contributed by atoms with Crippen molar-refractivity contribution in [2.75, 3.05) is 19.3 Å². The molecule has 0 bridgehead atoms. The average molecular weight is 386 g/mol. The second kappa shape index (κ2) is 8.03. The van der Waals surface area contributed by atoms with Gasteiger partial charge in [0.1, 0.15) is 5.69 Å². The number of benzene rings is 2. The molecule has 27 heavy (non-hydrogen) atoms. The summed E-state index contributed by atoms with van der Waals surface area (Å²) in [6.07, 6.45) is 0.928. The third kappa shape index (κ3) is 3.84. The van der Waals surface area contributed by atoms with Gasteiger partial charge in [-0.05, 0) is 42.5 Å².